The van der Waals surface area contributed by atoms with Gasteiger partial charge in [-0.2, -0.15) is 13.2 Å². The molecule has 3 aromatic rings. The zero-order chi connectivity index (χ0) is 25.5. The minimum absolute atomic E-state index is 0.119. The van der Waals surface area contributed by atoms with E-state index >= 15 is 0 Å². The summed E-state index contributed by atoms with van der Waals surface area (Å²) in [6.07, 6.45) is 1.35. The van der Waals surface area contributed by atoms with Crippen LogP contribution in [0.1, 0.15) is 21.5 Å². The number of amides is 2. The van der Waals surface area contributed by atoms with Gasteiger partial charge in [0.25, 0.3) is 5.91 Å². The molecule has 1 aliphatic heterocycles. The molecule has 0 radical (unpaired) electrons. The van der Waals surface area contributed by atoms with Gasteiger partial charge in [0.05, 0.1) is 36.9 Å². The van der Waals surface area contributed by atoms with Crippen molar-refractivity contribution >= 4 is 35.2 Å². The molecule has 1 fully saturated rings. The third-order valence-electron chi connectivity index (χ3n) is 5.22. The van der Waals surface area contributed by atoms with Crippen LogP contribution in [0.4, 0.5) is 30.5 Å². The summed E-state index contributed by atoms with van der Waals surface area (Å²) in [5.41, 5.74) is 0.382. The lowest BCUT2D eigenvalue weighted by Crippen LogP contribution is -2.37. The van der Waals surface area contributed by atoms with E-state index in [0.29, 0.717) is 49.2 Å². The number of benzene rings is 2. The molecule has 2 aromatic carbocycles. The molecule has 0 atom stereocenters. The number of hydrogen-bond acceptors (Lipinski definition) is 6. The number of nitrogens with one attached hydrogen (secondary N) is 2. The number of rotatable bonds is 6. The zero-order valence-corrected chi connectivity index (χ0v) is 19.0. The lowest BCUT2D eigenvalue weighted by molar-refractivity contribution is -0.137. The molecule has 2 N–H and O–H groups in total. The van der Waals surface area contributed by atoms with Gasteiger partial charge in [0.2, 0.25) is 11.9 Å². The van der Waals surface area contributed by atoms with Gasteiger partial charge in [0, 0.05) is 30.4 Å². The molecule has 0 aliphatic carbocycles. The first-order valence-corrected chi connectivity index (χ1v) is 11.0. The standard InChI is InChI=1S/C25H22F3N5O3/c26-25(27,28)19-5-2-4-18(14-19)23(35)32-20-6-1-3-17(13-20)7-8-22(34)31-21-15-29-24(30-16-21)33-9-11-36-12-10-33/h1-8,13-16H,9-12H2,(H,31,34)(H,32,35)/b8-7+. The molecule has 1 aromatic heterocycles. The Labute approximate surface area is 204 Å². The van der Waals surface area contributed by atoms with E-state index in [-0.39, 0.29) is 5.56 Å². The Kier molecular flexibility index (Phi) is 7.59. The fourth-order valence-electron chi connectivity index (χ4n) is 3.43. The largest absolute Gasteiger partial charge is 0.416 e. The molecule has 2 amide bonds. The highest BCUT2D eigenvalue weighted by Gasteiger charge is 2.30. The highest BCUT2D eigenvalue weighted by atomic mass is 19.4. The summed E-state index contributed by atoms with van der Waals surface area (Å²) >= 11 is 0. The van der Waals surface area contributed by atoms with Crippen molar-refractivity contribution in [3.8, 4) is 0 Å². The van der Waals surface area contributed by atoms with E-state index in [2.05, 4.69) is 20.6 Å². The van der Waals surface area contributed by atoms with Crippen molar-refractivity contribution in [3.63, 3.8) is 0 Å². The minimum Gasteiger partial charge on any atom is -0.378 e. The number of aromatic nitrogens is 2. The SMILES string of the molecule is O=C(/C=C/c1cccc(NC(=O)c2cccc(C(F)(F)F)c2)c1)Nc1cnc(N2CCOCC2)nc1. The fraction of sp³-hybridized carbons (Fsp3) is 0.200. The number of ether oxygens (including phenoxy) is 1. The third kappa shape index (κ3) is 6.66. The van der Waals surface area contributed by atoms with Gasteiger partial charge in [0.15, 0.2) is 0 Å². The van der Waals surface area contributed by atoms with Gasteiger partial charge in [0.1, 0.15) is 0 Å². The molecule has 186 valence electrons. The first kappa shape index (κ1) is 24.9. The maximum atomic E-state index is 12.9. The molecular formula is C25H22F3N5O3. The summed E-state index contributed by atoms with van der Waals surface area (Å²) in [6, 6.07) is 10.7. The molecule has 1 aliphatic rings. The van der Waals surface area contributed by atoms with Crippen molar-refractivity contribution < 1.29 is 27.5 Å². The van der Waals surface area contributed by atoms with E-state index < -0.39 is 23.6 Å². The summed E-state index contributed by atoms with van der Waals surface area (Å²) in [5, 5.41) is 5.24. The van der Waals surface area contributed by atoms with Gasteiger partial charge in [-0.3, -0.25) is 9.59 Å². The quantitative estimate of drug-likeness (QED) is 0.495. The average molecular weight is 497 g/mol. The van der Waals surface area contributed by atoms with E-state index in [1.165, 1.54) is 36.7 Å². The molecule has 1 saturated heterocycles. The van der Waals surface area contributed by atoms with Crippen LogP contribution in [0.5, 0.6) is 0 Å². The predicted octanol–water partition coefficient (Wildman–Crippen LogP) is 4.24. The number of halogens is 3. The van der Waals surface area contributed by atoms with E-state index in [1.807, 2.05) is 4.90 Å². The number of carbonyl (C=O) groups excluding carboxylic acids is 2. The molecule has 0 bridgehead atoms. The number of nitrogens with zero attached hydrogens (tertiary/aromatic N) is 3. The summed E-state index contributed by atoms with van der Waals surface area (Å²) in [7, 11) is 0. The van der Waals surface area contributed by atoms with Crippen molar-refractivity contribution in [3.05, 3.63) is 83.7 Å². The van der Waals surface area contributed by atoms with E-state index in [0.717, 1.165) is 12.1 Å². The van der Waals surface area contributed by atoms with Crippen LogP contribution in [0, 0.1) is 0 Å². The van der Waals surface area contributed by atoms with E-state index in [1.54, 1.807) is 24.3 Å². The molecule has 11 heteroatoms. The van der Waals surface area contributed by atoms with Crippen molar-refractivity contribution in [1.82, 2.24) is 9.97 Å². The summed E-state index contributed by atoms with van der Waals surface area (Å²) in [4.78, 5) is 35.3. The average Bonchev–Trinajstić information content (AvgIpc) is 2.88. The minimum atomic E-state index is -4.54. The molecule has 8 nitrogen and oxygen atoms in total. The highest BCUT2D eigenvalue weighted by molar-refractivity contribution is 6.05. The number of carbonyl (C=O) groups is 2. The van der Waals surface area contributed by atoms with Crippen LogP contribution in [0.2, 0.25) is 0 Å². The molecule has 36 heavy (non-hydrogen) atoms. The Morgan fingerprint density at radius 1 is 0.944 bits per heavy atom. The normalized spacial score (nSPS) is 14.0. The Morgan fingerprint density at radius 3 is 2.39 bits per heavy atom. The van der Waals surface area contributed by atoms with Crippen LogP contribution in [0.15, 0.2) is 67.0 Å². The Bertz CT molecular complexity index is 1260. The van der Waals surface area contributed by atoms with Gasteiger partial charge in [-0.15, -0.1) is 0 Å². The first-order valence-electron chi connectivity index (χ1n) is 11.0. The fourth-order valence-corrected chi connectivity index (χ4v) is 3.43. The first-order chi connectivity index (χ1) is 17.3. The van der Waals surface area contributed by atoms with Crippen LogP contribution < -0.4 is 15.5 Å². The maximum Gasteiger partial charge on any atom is 0.416 e. The summed E-state index contributed by atoms with van der Waals surface area (Å²) in [6.45, 7) is 2.63. The van der Waals surface area contributed by atoms with Gasteiger partial charge >= 0.3 is 6.18 Å². The van der Waals surface area contributed by atoms with Gasteiger partial charge in [-0.25, -0.2) is 9.97 Å². The molecule has 0 saturated carbocycles. The van der Waals surface area contributed by atoms with Crippen LogP contribution in [0.3, 0.4) is 0 Å². The summed E-state index contributed by atoms with van der Waals surface area (Å²) in [5.74, 6) is -0.521. The lowest BCUT2D eigenvalue weighted by Gasteiger charge is -2.26. The summed E-state index contributed by atoms with van der Waals surface area (Å²) < 4.78 is 44.0. The Balaban J connectivity index is 1.35. The zero-order valence-electron chi connectivity index (χ0n) is 19.0. The molecule has 0 unspecified atom stereocenters. The van der Waals surface area contributed by atoms with Crippen LogP contribution in [-0.4, -0.2) is 48.1 Å². The second-order valence-corrected chi connectivity index (χ2v) is 7.85. The van der Waals surface area contributed by atoms with Crippen LogP contribution in [-0.2, 0) is 15.7 Å². The molecule has 2 heterocycles. The molecular weight excluding hydrogens is 475 g/mol. The van der Waals surface area contributed by atoms with E-state index in [4.69, 9.17) is 4.74 Å². The van der Waals surface area contributed by atoms with Crippen molar-refractivity contribution in [1.29, 1.82) is 0 Å². The topological polar surface area (TPSA) is 96.5 Å². The molecule has 0 spiro atoms. The number of anilines is 3. The van der Waals surface area contributed by atoms with E-state index in [9.17, 15) is 22.8 Å². The predicted molar refractivity (Wildman–Crippen MR) is 129 cm³/mol. The number of hydrogen-bond donors (Lipinski definition) is 2. The van der Waals surface area contributed by atoms with Gasteiger partial charge < -0.3 is 20.3 Å². The monoisotopic (exact) mass is 497 g/mol. The lowest BCUT2D eigenvalue weighted by atomic mass is 10.1. The van der Waals surface area contributed by atoms with Gasteiger partial charge in [-0.1, -0.05) is 18.2 Å². The van der Waals surface area contributed by atoms with Gasteiger partial charge in [-0.05, 0) is 42.0 Å². The number of morpholine rings is 1. The van der Waals surface area contributed by atoms with Crippen molar-refractivity contribution in [2.24, 2.45) is 0 Å². The molecule has 4 rings (SSSR count). The van der Waals surface area contributed by atoms with Crippen molar-refractivity contribution in [2.45, 2.75) is 6.18 Å². The smallest absolute Gasteiger partial charge is 0.378 e. The third-order valence-corrected chi connectivity index (χ3v) is 5.22. The second kappa shape index (κ2) is 11.0. The van der Waals surface area contributed by atoms with Crippen molar-refractivity contribution in [2.75, 3.05) is 41.8 Å². The Hall–Kier alpha value is -4.25. The highest BCUT2D eigenvalue weighted by Crippen LogP contribution is 2.29. The van der Waals surface area contributed by atoms with Crippen LogP contribution in [0.25, 0.3) is 6.08 Å². The number of alkyl halides is 3. The van der Waals surface area contributed by atoms with Crippen LogP contribution >= 0.6 is 0 Å². The second-order valence-electron chi connectivity index (χ2n) is 7.85. The Morgan fingerprint density at radius 2 is 1.67 bits per heavy atom. The maximum absolute atomic E-state index is 12.9.